The van der Waals surface area contributed by atoms with Crippen LogP contribution in [0.3, 0.4) is 0 Å². The monoisotopic (exact) mass is 587 g/mol. The van der Waals surface area contributed by atoms with Crippen molar-refractivity contribution in [3.05, 3.63) is 96.1 Å². The van der Waals surface area contributed by atoms with E-state index in [0.717, 1.165) is 31.4 Å². The van der Waals surface area contributed by atoms with Crippen molar-refractivity contribution in [1.82, 2.24) is 5.43 Å². The van der Waals surface area contributed by atoms with Crippen molar-refractivity contribution >= 4 is 40.4 Å². The fourth-order valence-electron chi connectivity index (χ4n) is 3.32. The summed E-state index contributed by atoms with van der Waals surface area (Å²) in [6, 6.07) is 15.9. The molecule has 3 aromatic carbocycles. The lowest BCUT2D eigenvalue weighted by Gasteiger charge is -2.14. The van der Waals surface area contributed by atoms with E-state index in [1.165, 1.54) is 12.1 Å². The summed E-state index contributed by atoms with van der Waals surface area (Å²) in [5.41, 5.74) is 7.29. The zero-order chi connectivity index (χ0) is 25.4. The SMILES string of the molecule is CCOc1cc(/C=N/NC(=O)Cc2cc(C)ccc2C)cc(I)c1OCc1ccc([N+](=O)[O-])cc1. The van der Waals surface area contributed by atoms with E-state index in [4.69, 9.17) is 9.47 Å². The Morgan fingerprint density at radius 3 is 2.54 bits per heavy atom. The van der Waals surface area contributed by atoms with Crippen LogP contribution >= 0.6 is 22.6 Å². The number of carbonyl (C=O) groups excluding carboxylic acids is 1. The van der Waals surface area contributed by atoms with Crippen LogP contribution in [-0.2, 0) is 17.8 Å². The van der Waals surface area contributed by atoms with Crippen molar-refractivity contribution in [2.45, 2.75) is 33.8 Å². The van der Waals surface area contributed by atoms with Gasteiger partial charge in [-0.25, -0.2) is 5.43 Å². The number of non-ortho nitro benzene ring substituents is 1. The number of nitrogens with zero attached hydrogens (tertiary/aromatic N) is 2. The van der Waals surface area contributed by atoms with Gasteiger partial charge in [-0.2, -0.15) is 5.10 Å². The van der Waals surface area contributed by atoms with Gasteiger partial charge in [-0.3, -0.25) is 14.9 Å². The highest BCUT2D eigenvalue weighted by Gasteiger charge is 2.13. The Kier molecular flexibility index (Phi) is 9.18. The van der Waals surface area contributed by atoms with Crippen molar-refractivity contribution in [2.24, 2.45) is 5.10 Å². The largest absolute Gasteiger partial charge is 0.490 e. The number of nitrogens with one attached hydrogen (secondary N) is 1. The van der Waals surface area contributed by atoms with Gasteiger partial charge in [0.25, 0.3) is 5.69 Å². The van der Waals surface area contributed by atoms with Crippen LogP contribution in [0.4, 0.5) is 5.69 Å². The highest BCUT2D eigenvalue weighted by molar-refractivity contribution is 14.1. The van der Waals surface area contributed by atoms with E-state index in [2.05, 4.69) is 33.1 Å². The molecule has 0 aromatic heterocycles. The number of hydrogen-bond acceptors (Lipinski definition) is 6. The first-order valence-corrected chi connectivity index (χ1v) is 12.0. The Bertz CT molecular complexity index is 1240. The van der Waals surface area contributed by atoms with Gasteiger partial charge < -0.3 is 9.47 Å². The molecule has 0 radical (unpaired) electrons. The highest BCUT2D eigenvalue weighted by atomic mass is 127. The van der Waals surface area contributed by atoms with Gasteiger partial charge in [0, 0.05) is 12.1 Å². The summed E-state index contributed by atoms with van der Waals surface area (Å²) in [5.74, 6) is 0.920. The van der Waals surface area contributed by atoms with E-state index in [1.807, 2.05) is 45.0 Å². The maximum absolute atomic E-state index is 12.3. The van der Waals surface area contributed by atoms with E-state index in [9.17, 15) is 14.9 Å². The number of hydrogen-bond donors (Lipinski definition) is 1. The molecule has 0 aliphatic carbocycles. The van der Waals surface area contributed by atoms with Crippen LogP contribution in [0.2, 0.25) is 0 Å². The first-order valence-electron chi connectivity index (χ1n) is 11.0. The summed E-state index contributed by atoms with van der Waals surface area (Å²) in [6.07, 6.45) is 1.81. The van der Waals surface area contributed by atoms with Gasteiger partial charge in [0.1, 0.15) is 6.61 Å². The van der Waals surface area contributed by atoms with Crippen molar-refractivity contribution in [2.75, 3.05) is 6.61 Å². The van der Waals surface area contributed by atoms with E-state index in [-0.39, 0.29) is 24.6 Å². The van der Waals surface area contributed by atoms with E-state index in [0.29, 0.717) is 18.1 Å². The summed E-state index contributed by atoms with van der Waals surface area (Å²) in [7, 11) is 0. The second kappa shape index (κ2) is 12.3. The quantitative estimate of drug-likeness (QED) is 0.146. The molecular formula is C26H26IN3O5. The molecule has 0 saturated heterocycles. The predicted octanol–water partition coefficient (Wildman–Crippen LogP) is 5.49. The minimum absolute atomic E-state index is 0.0306. The number of rotatable bonds is 10. The molecule has 182 valence electrons. The molecule has 35 heavy (non-hydrogen) atoms. The number of nitro benzene ring substituents is 1. The van der Waals surface area contributed by atoms with Gasteiger partial charge in [0.15, 0.2) is 11.5 Å². The summed E-state index contributed by atoms with van der Waals surface area (Å²) in [4.78, 5) is 22.7. The number of hydrazone groups is 1. The molecule has 3 rings (SSSR count). The van der Waals surface area contributed by atoms with E-state index >= 15 is 0 Å². The lowest BCUT2D eigenvalue weighted by atomic mass is 10.0. The van der Waals surface area contributed by atoms with Crippen LogP contribution in [-0.4, -0.2) is 23.7 Å². The molecule has 0 atom stereocenters. The second-order valence-electron chi connectivity index (χ2n) is 7.88. The number of aryl methyl sites for hydroxylation is 2. The fraction of sp³-hybridized carbons (Fsp3) is 0.231. The Hall–Kier alpha value is -3.47. The molecule has 0 aliphatic rings. The van der Waals surface area contributed by atoms with Crippen molar-refractivity contribution in [3.63, 3.8) is 0 Å². The molecule has 0 saturated carbocycles. The zero-order valence-electron chi connectivity index (χ0n) is 19.7. The van der Waals surface area contributed by atoms with Crippen LogP contribution in [0.1, 0.15) is 34.7 Å². The molecule has 0 unspecified atom stereocenters. The normalized spacial score (nSPS) is 10.9. The average Bonchev–Trinajstić information content (AvgIpc) is 2.81. The molecular weight excluding hydrogens is 561 g/mol. The number of halogens is 1. The summed E-state index contributed by atoms with van der Waals surface area (Å²) < 4.78 is 12.5. The van der Waals surface area contributed by atoms with Crippen molar-refractivity contribution in [1.29, 1.82) is 0 Å². The summed E-state index contributed by atoms with van der Waals surface area (Å²) in [6.45, 7) is 6.53. The van der Waals surface area contributed by atoms with E-state index < -0.39 is 4.92 Å². The Labute approximate surface area is 217 Å². The lowest BCUT2D eigenvalue weighted by molar-refractivity contribution is -0.384. The molecule has 0 aliphatic heterocycles. The van der Waals surface area contributed by atoms with Crippen LogP contribution in [0.25, 0.3) is 0 Å². The molecule has 9 heteroatoms. The third kappa shape index (κ3) is 7.51. The molecule has 0 heterocycles. The lowest BCUT2D eigenvalue weighted by Crippen LogP contribution is -2.20. The average molecular weight is 587 g/mol. The van der Waals surface area contributed by atoms with Crippen LogP contribution in [0, 0.1) is 27.5 Å². The first kappa shape index (κ1) is 26.1. The number of nitro groups is 1. The Morgan fingerprint density at radius 1 is 1.11 bits per heavy atom. The minimum atomic E-state index is -0.437. The van der Waals surface area contributed by atoms with Crippen LogP contribution < -0.4 is 14.9 Å². The number of benzene rings is 3. The molecule has 0 spiro atoms. The van der Waals surface area contributed by atoms with Gasteiger partial charge in [-0.1, -0.05) is 23.8 Å². The fourth-order valence-corrected chi connectivity index (χ4v) is 4.10. The topological polar surface area (TPSA) is 103 Å². The second-order valence-corrected chi connectivity index (χ2v) is 9.04. The summed E-state index contributed by atoms with van der Waals surface area (Å²) >= 11 is 2.15. The molecule has 1 N–H and O–H groups in total. The van der Waals surface area contributed by atoms with Gasteiger partial charge in [-0.05, 0) is 89.9 Å². The van der Waals surface area contributed by atoms with Gasteiger partial charge >= 0.3 is 0 Å². The Morgan fingerprint density at radius 2 is 1.86 bits per heavy atom. The maximum atomic E-state index is 12.3. The molecule has 1 amide bonds. The van der Waals surface area contributed by atoms with E-state index in [1.54, 1.807) is 24.4 Å². The van der Waals surface area contributed by atoms with Gasteiger partial charge in [-0.15, -0.1) is 0 Å². The van der Waals surface area contributed by atoms with Gasteiger partial charge in [0.05, 0.1) is 27.7 Å². The molecule has 0 fully saturated rings. The molecule has 8 nitrogen and oxygen atoms in total. The Balaban J connectivity index is 1.67. The first-order chi connectivity index (χ1) is 16.8. The molecule has 3 aromatic rings. The zero-order valence-corrected chi connectivity index (χ0v) is 21.9. The predicted molar refractivity (Wildman–Crippen MR) is 143 cm³/mol. The third-order valence-corrected chi connectivity index (χ3v) is 5.92. The smallest absolute Gasteiger partial charge is 0.269 e. The number of carbonyl (C=O) groups is 1. The van der Waals surface area contributed by atoms with Crippen molar-refractivity contribution in [3.8, 4) is 11.5 Å². The third-order valence-electron chi connectivity index (χ3n) is 5.12. The maximum Gasteiger partial charge on any atom is 0.269 e. The number of ether oxygens (including phenoxy) is 2. The highest BCUT2D eigenvalue weighted by Crippen LogP contribution is 2.34. The minimum Gasteiger partial charge on any atom is -0.490 e. The standard InChI is InChI=1S/C26H26IN3O5/c1-4-34-24-13-20(15-28-29-25(31)14-21-11-17(2)5-6-18(21)3)12-23(27)26(24)35-16-19-7-9-22(10-8-19)30(32)33/h5-13,15H,4,14,16H2,1-3H3,(H,29,31)/b28-15+. The van der Waals surface area contributed by atoms with Crippen molar-refractivity contribution < 1.29 is 19.2 Å². The number of amides is 1. The summed E-state index contributed by atoms with van der Waals surface area (Å²) in [5, 5.41) is 14.9. The van der Waals surface area contributed by atoms with Crippen LogP contribution in [0.15, 0.2) is 59.7 Å². The van der Waals surface area contributed by atoms with Gasteiger partial charge in [0.2, 0.25) is 5.91 Å². The van der Waals surface area contributed by atoms with Crippen LogP contribution in [0.5, 0.6) is 11.5 Å². The molecule has 0 bridgehead atoms.